The van der Waals surface area contributed by atoms with Crippen LogP contribution in [0.1, 0.15) is 49.4 Å². The van der Waals surface area contributed by atoms with Gasteiger partial charge in [-0.2, -0.15) is 0 Å². The SMILES string of the molecule is CN1CCCC(c2cc(CN3CCCCC3)ncn2)C1. The molecule has 0 aromatic carbocycles. The highest BCUT2D eigenvalue weighted by Crippen LogP contribution is 2.25. The fourth-order valence-corrected chi connectivity index (χ4v) is 3.48. The molecule has 3 heterocycles. The monoisotopic (exact) mass is 274 g/mol. The quantitative estimate of drug-likeness (QED) is 0.846. The first kappa shape index (κ1) is 14.0. The number of likely N-dealkylation sites (tertiary alicyclic amines) is 2. The van der Waals surface area contributed by atoms with Crippen LogP contribution < -0.4 is 0 Å². The summed E-state index contributed by atoms with van der Waals surface area (Å²) in [7, 11) is 2.21. The Morgan fingerprint density at radius 3 is 2.75 bits per heavy atom. The third kappa shape index (κ3) is 3.55. The molecule has 0 saturated carbocycles. The van der Waals surface area contributed by atoms with Gasteiger partial charge in [0.05, 0.1) is 5.69 Å². The van der Waals surface area contributed by atoms with Crippen LogP contribution in [-0.2, 0) is 6.54 Å². The van der Waals surface area contributed by atoms with E-state index < -0.39 is 0 Å². The molecule has 1 unspecified atom stereocenters. The highest BCUT2D eigenvalue weighted by molar-refractivity contribution is 5.14. The van der Waals surface area contributed by atoms with Crippen LogP contribution in [-0.4, -0.2) is 53.0 Å². The number of aromatic nitrogens is 2. The summed E-state index contributed by atoms with van der Waals surface area (Å²) in [4.78, 5) is 14.0. The van der Waals surface area contributed by atoms with Gasteiger partial charge in [-0.15, -0.1) is 0 Å². The molecule has 0 N–H and O–H groups in total. The van der Waals surface area contributed by atoms with Crippen LogP contribution in [0.5, 0.6) is 0 Å². The predicted molar refractivity (Wildman–Crippen MR) is 80.6 cm³/mol. The van der Waals surface area contributed by atoms with Crippen LogP contribution in [0.4, 0.5) is 0 Å². The maximum atomic E-state index is 4.53. The average Bonchev–Trinajstić information content (AvgIpc) is 2.49. The molecule has 2 saturated heterocycles. The second kappa shape index (κ2) is 6.64. The minimum absolute atomic E-state index is 0.594. The van der Waals surface area contributed by atoms with Crippen molar-refractivity contribution >= 4 is 0 Å². The molecule has 0 spiro atoms. The maximum Gasteiger partial charge on any atom is 0.115 e. The molecular formula is C16H26N4. The molecule has 2 aliphatic rings. The van der Waals surface area contributed by atoms with Crippen LogP contribution in [0.3, 0.4) is 0 Å². The van der Waals surface area contributed by atoms with Gasteiger partial charge in [0.1, 0.15) is 6.33 Å². The molecule has 1 aromatic rings. The van der Waals surface area contributed by atoms with Crippen LogP contribution in [0, 0.1) is 0 Å². The fourth-order valence-electron chi connectivity index (χ4n) is 3.48. The lowest BCUT2D eigenvalue weighted by Gasteiger charge is -2.29. The molecule has 2 aliphatic heterocycles. The first-order chi connectivity index (χ1) is 9.81. The van der Waals surface area contributed by atoms with E-state index >= 15 is 0 Å². The number of hydrogen-bond acceptors (Lipinski definition) is 4. The van der Waals surface area contributed by atoms with Crippen LogP contribution in [0.25, 0.3) is 0 Å². The Morgan fingerprint density at radius 2 is 1.95 bits per heavy atom. The minimum Gasteiger partial charge on any atom is -0.306 e. The maximum absolute atomic E-state index is 4.53. The predicted octanol–water partition coefficient (Wildman–Crippen LogP) is 2.27. The molecule has 3 rings (SSSR count). The zero-order valence-electron chi connectivity index (χ0n) is 12.6. The molecular weight excluding hydrogens is 248 g/mol. The van der Waals surface area contributed by atoms with E-state index in [4.69, 9.17) is 0 Å². The van der Waals surface area contributed by atoms with Gasteiger partial charge in [-0.1, -0.05) is 6.42 Å². The Balaban J connectivity index is 1.65. The van der Waals surface area contributed by atoms with Gasteiger partial charge in [-0.25, -0.2) is 9.97 Å². The lowest BCUT2D eigenvalue weighted by molar-refractivity contribution is 0.218. The lowest BCUT2D eigenvalue weighted by Crippen LogP contribution is -2.32. The topological polar surface area (TPSA) is 32.3 Å². The van der Waals surface area contributed by atoms with Crippen molar-refractivity contribution in [2.75, 3.05) is 33.2 Å². The van der Waals surface area contributed by atoms with Crippen molar-refractivity contribution in [3.05, 3.63) is 23.8 Å². The van der Waals surface area contributed by atoms with E-state index in [0.717, 1.165) is 13.1 Å². The number of nitrogens with zero attached hydrogens (tertiary/aromatic N) is 4. The molecule has 0 radical (unpaired) electrons. The van der Waals surface area contributed by atoms with Gasteiger partial charge in [-0.05, 0) is 58.4 Å². The molecule has 4 heteroatoms. The van der Waals surface area contributed by atoms with E-state index in [-0.39, 0.29) is 0 Å². The van der Waals surface area contributed by atoms with Crippen LogP contribution in [0.15, 0.2) is 12.4 Å². The third-order valence-electron chi connectivity index (χ3n) is 4.62. The van der Waals surface area contributed by atoms with E-state index in [2.05, 4.69) is 32.9 Å². The summed E-state index contributed by atoms with van der Waals surface area (Å²) in [6, 6.07) is 2.25. The lowest BCUT2D eigenvalue weighted by atomic mass is 9.94. The summed E-state index contributed by atoms with van der Waals surface area (Å²) < 4.78 is 0. The molecule has 110 valence electrons. The second-order valence-corrected chi connectivity index (χ2v) is 6.37. The van der Waals surface area contributed by atoms with Gasteiger partial charge in [0, 0.05) is 24.7 Å². The largest absolute Gasteiger partial charge is 0.306 e. The second-order valence-electron chi connectivity index (χ2n) is 6.37. The summed E-state index contributed by atoms with van der Waals surface area (Å²) in [5.41, 5.74) is 2.45. The van der Waals surface area contributed by atoms with E-state index in [9.17, 15) is 0 Å². The van der Waals surface area contributed by atoms with Crippen LogP contribution in [0.2, 0.25) is 0 Å². The fraction of sp³-hybridized carbons (Fsp3) is 0.750. The molecule has 1 atom stereocenters. The van der Waals surface area contributed by atoms with E-state index in [1.807, 2.05) is 0 Å². The average molecular weight is 274 g/mol. The first-order valence-corrected chi connectivity index (χ1v) is 8.03. The van der Waals surface area contributed by atoms with Crippen molar-refractivity contribution in [1.29, 1.82) is 0 Å². The molecule has 0 bridgehead atoms. The van der Waals surface area contributed by atoms with Crippen molar-refractivity contribution in [3.63, 3.8) is 0 Å². The van der Waals surface area contributed by atoms with Gasteiger partial charge in [0.15, 0.2) is 0 Å². The summed E-state index contributed by atoms with van der Waals surface area (Å²) in [5.74, 6) is 0.594. The van der Waals surface area contributed by atoms with Gasteiger partial charge in [0.25, 0.3) is 0 Å². The summed E-state index contributed by atoms with van der Waals surface area (Å²) >= 11 is 0. The highest BCUT2D eigenvalue weighted by atomic mass is 15.1. The van der Waals surface area contributed by atoms with E-state index in [1.54, 1.807) is 6.33 Å². The van der Waals surface area contributed by atoms with Crippen molar-refractivity contribution in [1.82, 2.24) is 19.8 Å². The molecule has 20 heavy (non-hydrogen) atoms. The molecule has 0 aliphatic carbocycles. The normalized spacial score (nSPS) is 25.8. The summed E-state index contributed by atoms with van der Waals surface area (Å²) in [5, 5.41) is 0. The van der Waals surface area contributed by atoms with Crippen LogP contribution >= 0.6 is 0 Å². The molecule has 1 aromatic heterocycles. The first-order valence-electron chi connectivity index (χ1n) is 8.03. The van der Waals surface area contributed by atoms with Crippen molar-refractivity contribution in [3.8, 4) is 0 Å². The number of hydrogen-bond donors (Lipinski definition) is 0. The number of rotatable bonds is 3. The van der Waals surface area contributed by atoms with Crippen molar-refractivity contribution < 1.29 is 0 Å². The smallest absolute Gasteiger partial charge is 0.115 e. The third-order valence-corrected chi connectivity index (χ3v) is 4.62. The summed E-state index contributed by atoms with van der Waals surface area (Å²) in [6.07, 6.45) is 8.39. The standard InChI is InChI=1S/C16H26N4/c1-19-7-5-6-14(11-19)16-10-15(17-13-18-16)12-20-8-3-2-4-9-20/h10,13-14H,2-9,11-12H2,1H3. The number of piperidine rings is 2. The van der Waals surface area contributed by atoms with Gasteiger partial charge in [0.2, 0.25) is 0 Å². The summed E-state index contributed by atoms with van der Waals surface area (Å²) in [6.45, 7) is 5.82. The van der Waals surface area contributed by atoms with Gasteiger partial charge >= 0.3 is 0 Å². The van der Waals surface area contributed by atoms with Crippen molar-refractivity contribution in [2.45, 2.75) is 44.6 Å². The Hall–Kier alpha value is -1.00. The van der Waals surface area contributed by atoms with E-state index in [1.165, 1.54) is 63.1 Å². The Bertz CT molecular complexity index is 428. The number of likely N-dealkylation sites (N-methyl/N-ethyl adjacent to an activating group) is 1. The minimum atomic E-state index is 0.594. The molecule has 0 amide bonds. The van der Waals surface area contributed by atoms with Crippen molar-refractivity contribution in [2.24, 2.45) is 0 Å². The molecule has 4 nitrogen and oxygen atoms in total. The zero-order chi connectivity index (χ0) is 13.8. The highest BCUT2D eigenvalue weighted by Gasteiger charge is 2.20. The zero-order valence-corrected chi connectivity index (χ0v) is 12.6. The Labute approximate surface area is 122 Å². The van der Waals surface area contributed by atoms with E-state index in [0.29, 0.717) is 5.92 Å². The van der Waals surface area contributed by atoms with Gasteiger partial charge < -0.3 is 4.90 Å². The van der Waals surface area contributed by atoms with Gasteiger partial charge in [-0.3, -0.25) is 4.90 Å². The Kier molecular flexibility index (Phi) is 4.63. The molecule has 2 fully saturated rings. The Morgan fingerprint density at radius 1 is 1.10 bits per heavy atom.